The van der Waals surface area contributed by atoms with Crippen molar-refractivity contribution in [1.82, 2.24) is 10.2 Å². The molecule has 0 saturated heterocycles. The fourth-order valence-electron chi connectivity index (χ4n) is 2.29. The van der Waals surface area contributed by atoms with Crippen LogP contribution < -0.4 is 5.32 Å². The van der Waals surface area contributed by atoms with Gasteiger partial charge in [0, 0.05) is 19.1 Å². The lowest BCUT2D eigenvalue weighted by Crippen LogP contribution is -2.30. The summed E-state index contributed by atoms with van der Waals surface area (Å²) in [7, 11) is 3.88. The molecule has 5 heteroatoms. The van der Waals surface area contributed by atoms with Crippen molar-refractivity contribution in [3.05, 3.63) is 71.0 Å². The van der Waals surface area contributed by atoms with Crippen molar-refractivity contribution in [1.29, 1.82) is 0 Å². The molecule has 1 unspecified atom stereocenters. The summed E-state index contributed by atoms with van der Waals surface area (Å²) in [6, 6.07) is 10.3. The van der Waals surface area contributed by atoms with Crippen LogP contribution in [0.25, 0.3) is 0 Å². The van der Waals surface area contributed by atoms with Gasteiger partial charge in [-0.25, -0.2) is 13.2 Å². The topological polar surface area (TPSA) is 15.3 Å². The van der Waals surface area contributed by atoms with Crippen molar-refractivity contribution in [2.45, 2.75) is 12.6 Å². The first-order valence-corrected chi connectivity index (χ1v) is 7.04. The van der Waals surface area contributed by atoms with Gasteiger partial charge in [-0.15, -0.1) is 0 Å². The van der Waals surface area contributed by atoms with E-state index in [-0.39, 0.29) is 11.9 Å². The highest BCUT2D eigenvalue weighted by Crippen LogP contribution is 2.18. The van der Waals surface area contributed by atoms with Gasteiger partial charge in [0.25, 0.3) is 0 Å². The van der Waals surface area contributed by atoms with Gasteiger partial charge in [0.05, 0.1) is 0 Å². The monoisotopic (exact) mass is 308 g/mol. The van der Waals surface area contributed by atoms with E-state index >= 15 is 0 Å². The van der Waals surface area contributed by atoms with Gasteiger partial charge in [0.1, 0.15) is 5.82 Å². The van der Waals surface area contributed by atoms with Crippen LogP contribution in [0.3, 0.4) is 0 Å². The maximum absolute atomic E-state index is 13.1. The molecule has 0 bridgehead atoms. The van der Waals surface area contributed by atoms with Crippen molar-refractivity contribution in [2.24, 2.45) is 0 Å². The van der Waals surface area contributed by atoms with Crippen molar-refractivity contribution in [3.8, 4) is 0 Å². The predicted octanol–water partition coefficient (Wildman–Crippen LogP) is 3.50. The van der Waals surface area contributed by atoms with E-state index in [0.29, 0.717) is 18.7 Å². The lowest BCUT2D eigenvalue weighted by atomic mass is 10.1. The zero-order valence-corrected chi connectivity index (χ0v) is 12.6. The van der Waals surface area contributed by atoms with E-state index in [9.17, 15) is 13.2 Å². The molecule has 118 valence electrons. The van der Waals surface area contributed by atoms with Crippen LogP contribution in [-0.2, 0) is 6.54 Å². The second-order valence-corrected chi connectivity index (χ2v) is 5.41. The van der Waals surface area contributed by atoms with E-state index in [1.807, 2.05) is 19.0 Å². The summed E-state index contributed by atoms with van der Waals surface area (Å²) in [6.07, 6.45) is 0. The first-order valence-electron chi connectivity index (χ1n) is 7.04. The molecule has 22 heavy (non-hydrogen) atoms. The molecule has 0 saturated carbocycles. The molecule has 0 aliphatic carbocycles. The molecule has 0 spiro atoms. The third-order valence-electron chi connectivity index (χ3n) is 3.53. The van der Waals surface area contributed by atoms with Crippen LogP contribution in [0.2, 0.25) is 0 Å². The van der Waals surface area contributed by atoms with E-state index in [0.717, 1.165) is 11.6 Å². The Morgan fingerprint density at radius 3 is 2.23 bits per heavy atom. The minimum absolute atomic E-state index is 0.0610. The Morgan fingerprint density at radius 1 is 0.955 bits per heavy atom. The zero-order valence-electron chi connectivity index (χ0n) is 12.6. The molecule has 2 aromatic rings. The van der Waals surface area contributed by atoms with Gasteiger partial charge in [-0.05, 0) is 49.5 Å². The average molecular weight is 308 g/mol. The number of nitrogens with zero attached hydrogens (tertiary/aromatic N) is 1. The van der Waals surface area contributed by atoms with Gasteiger partial charge in [-0.2, -0.15) is 0 Å². The first-order chi connectivity index (χ1) is 10.5. The third-order valence-corrected chi connectivity index (χ3v) is 3.53. The summed E-state index contributed by atoms with van der Waals surface area (Å²) in [4.78, 5) is 2.02. The molecule has 0 amide bonds. The number of likely N-dealkylation sites (N-methyl/N-ethyl adjacent to an activating group) is 1. The molecular weight excluding hydrogens is 289 g/mol. The first kappa shape index (κ1) is 16.5. The van der Waals surface area contributed by atoms with E-state index in [1.54, 1.807) is 18.2 Å². The lowest BCUT2D eigenvalue weighted by molar-refractivity contribution is 0.288. The summed E-state index contributed by atoms with van der Waals surface area (Å²) < 4.78 is 39.0. The summed E-state index contributed by atoms with van der Waals surface area (Å²) >= 11 is 0. The van der Waals surface area contributed by atoms with E-state index < -0.39 is 11.6 Å². The predicted molar refractivity (Wildman–Crippen MR) is 80.9 cm³/mol. The fraction of sp³-hybridized carbons (Fsp3) is 0.294. The second kappa shape index (κ2) is 7.42. The smallest absolute Gasteiger partial charge is 0.159 e. The van der Waals surface area contributed by atoms with E-state index in [1.165, 1.54) is 18.2 Å². The molecule has 2 rings (SSSR count). The van der Waals surface area contributed by atoms with E-state index in [4.69, 9.17) is 0 Å². The normalized spacial score (nSPS) is 12.6. The summed E-state index contributed by atoms with van der Waals surface area (Å²) in [5.41, 5.74) is 1.67. The zero-order chi connectivity index (χ0) is 16.1. The van der Waals surface area contributed by atoms with Gasteiger partial charge < -0.3 is 10.2 Å². The van der Waals surface area contributed by atoms with Crippen LogP contribution in [0.1, 0.15) is 17.2 Å². The highest BCUT2D eigenvalue weighted by Gasteiger charge is 2.13. The highest BCUT2D eigenvalue weighted by molar-refractivity contribution is 5.21. The van der Waals surface area contributed by atoms with Crippen LogP contribution in [0.5, 0.6) is 0 Å². The molecule has 2 aromatic carbocycles. The summed E-state index contributed by atoms with van der Waals surface area (Å²) in [6.45, 7) is 1.04. The Hall–Kier alpha value is -1.85. The van der Waals surface area contributed by atoms with Gasteiger partial charge in [-0.3, -0.25) is 0 Å². The highest BCUT2D eigenvalue weighted by atomic mass is 19.2. The van der Waals surface area contributed by atoms with Crippen LogP contribution in [-0.4, -0.2) is 25.5 Å². The minimum atomic E-state index is -0.846. The van der Waals surface area contributed by atoms with Gasteiger partial charge in [-0.1, -0.05) is 18.2 Å². The number of rotatable bonds is 6. The quantitative estimate of drug-likeness (QED) is 0.879. The van der Waals surface area contributed by atoms with Crippen LogP contribution >= 0.6 is 0 Å². The Balaban J connectivity index is 1.97. The number of nitrogens with one attached hydrogen (secondary N) is 1. The molecular formula is C17H19F3N2. The number of benzene rings is 2. The Labute approximate surface area is 128 Å². The largest absolute Gasteiger partial charge is 0.311 e. The van der Waals surface area contributed by atoms with Crippen LogP contribution in [0.15, 0.2) is 42.5 Å². The second-order valence-electron chi connectivity index (χ2n) is 5.41. The maximum atomic E-state index is 13.1. The Bertz CT molecular complexity index is 612. The van der Waals surface area contributed by atoms with Crippen LogP contribution in [0, 0.1) is 17.5 Å². The Kier molecular flexibility index (Phi) is 5.57. The van der Waals surface area contributed by atoms with Crippen molar-refractivity contribution < 1.29 is 13.2 Å². The summed E-state index contributed by atoms with van der Waals surface area (Å²) in [5.74, 6) is -1.96. The van der Waals surface area contributed by atoms with Crippen molar-refractivity contribution in [2.75, 3.05) is 20.6 Å². The number of hydrogen-bond acceptors (Lipinski definition) is 2. The maximum Gasteiger partial charge on any atom is 0.159 e. The molecule has 1 N–H and O–H groups in total. The fourth-order valence-corrected chi connectivity index (χ4v) is 2.29. The molecule has 0 aromatic heterocycles. The van der Waals surface area contributed by atoms with Crippen molar-refractivity contribution >= 4 is 0 Å². The van der Waals surface area contributed by atoms with Gasteiger partial charge >= 0.3 is 0 Å². The number of hydrogen-bond donors (Lipinski definition) is 1. The molecule has 0 heterocycles. The van der Waals surface area contributed by atoms with Gasteiger partial charge in [0.15, 0.2) is 11.6 Å². The van der Waals surface area contributed by atoms with Crippen molar-refractivity contribution in [3.63, 3.8) is 0 Å². The third kappa shape index (κ3) is 4.32. The minimum Gasteiger partial charge on any atom is -0.311 e. The number of halogens is 3. The molecule has 0 radical (unpaired) electrons. The molecule has 0 fully saturated rings. The van der Waals surface area contributed by atoms with Crippen LogP contribution in [0.4, 0.5) is 13.2 Å². The molecule has 1 atom stereocenters. The Morgan fingerprint density at radius 2 is 1.64 bits per heavy atom. The standard InChI is InChI=1S/C17H19F3N2/c1-22(2)17(13-4-6-14(18)7-5-13)11-21-10-12-3-8-15(19)16(20)9-12/h3-9,17,21H,10-11H2,1-2H3. The lowest BCUT2D eigenvalue weighted by Gasteiger charge is -2.25. The molecule has 2 nitrogen and oxygen atoms in total. The summed E-state index contributed by atoms with van der Waals surface area (Å²) in [5, 5.41) is 3.22. The average Bonchev–Trinajstić information content (AvgIpc) is 2.48. The molecule has 0 aliphatic rings. The SMILES string of the molecule is CN(C)C(CNCc1ccc(F)c(F)c1)c1ccc(F)cc1. The van der Waals surface area contributed by atoms with Gasteiger partial charge in [0.2, 0.25) is 0 Å². The molecule has 0 aliphatic heterocycles. The van der Waals surface area contributed by atoms with E-state index in [2.05, 4.69) is 5.32 Å².